The van der Waals surface area contributed by atoms with Crippen LogP contribution in [0.5, 0.6) is 0 Å². The predicted molar refractivity (Wildman–Crippen MR) is 91.3 cm³/mol. The second-order valence-corrected chi connectivity index (χ2v) is 7.17. The average molecular weight is 328 g/mol. The first-order chi connectivity index (χ1) is 11.6. The molecule has 1 aromatic carbocycles. The number of nitrogens with two attached hydrogens (primary N) is 1. The Labute approximate surface area is 142 Å². The third-order valence-electron chi connectivity index (χ3n) is 5.41. The SMILES string of the molecule is N[C@H]1CCCN(c2ccc3c(c2)CN(C2CCC(=O)NC2=O)C3)C1. The van der Waals surface area contributed by atoms with Gasteiger partial charge in [-0.25, -0.2) is 0 Å². The average Bonchev–Trinajstić information content (AvgIpc) is 2.97. The molecule has 3 N–H and O–H groups in total. The van der Waals surface area contributed by atoms with E-state index in [4.69, 9.17) is 5.73 Å². The lowest BCUT2D eigenvalue weighted by atomic mass is 10.0. The fourth-order valence-electron chi connectivity index (χ4n) is 4.10. The van der Waals surface area contributed by atoms with Crippen molar-refractivity contribution >= 4 is 17.5 Å². The molecule has 24 heavy (non-hydrogen) atoms. The predicted octanol–water partition coefficient (Wildman–Crippen LogP) is 0.735. The van der Waals surface area contributed by atoms with Crippen LogP contribution in [0.1, 0.15) is 36.8 Å². The van der Waals surface area contributed by atoms with Crippen molar-refractivity contribution in [2.75, 3.05) is 18.0 Å². The zero-order chi connectivity index (χ0) is 16.7. The number of rotatable bonds is 2. The first kappa shape index (κ1) is 15.6. The van der Waals surface area contributed by atoms with Crippen molar-refractivity contribution in [1.29, 1.82) is 0 Å². The van der Waals surface area contributed by atoms with Crippen molar-refractivity contribution in [2.45, 2.75) is 50.9 Å². The first-order valence-corrected chi connectivity index (χ1v) is 8.80. The van der Waals surface area contributed by atoms with E-state index in [0.717, 1.165) is 39.0 Å². The smallest absolute Gasteiger partial charge is 0.243 e. The van der Waals surface area contributed by atoms with Crippen LogP contribution in [0.4, 0.5) is 5.69 Å². The van der Waals surface area contributed by atoms with Gasteiger partial charge in [-0.2, -0.15) is 0 Å². The summed E-state index contributed by atoms with van der Waals surface area (Å²) in [7, 11) is 0. The maximum Gasteiger partial charge on any atom is 0.243 e. The fourth-order valence-corrected chi connectivity index (χ4v) is 4.10. The number of benzene rings is 1. The second-order valence-electron chi connectivity index (χ2n) is 7.17. The van der Waals surface area contributed by atoms with Crippen LogP contribution in [-0.2, 0) is 22.7 Å². The van der Waals surface area contributed by atoms with E-state index in [9.17, 15) is 9.59 Å². The second kappa shape index (κ2) is 6.18. The van der Waals surface area contributed by atoms with Gasteiger partial charge in [0.15, 0.2) is 0 Å². The number of piperidine rings is 2. The number of hydrogen-bond donors (Lipinski definition) is 2. The van der Waals surface area contributed by atoms with Crippen LogP contribution in [0, 0.1) is 0 Å². The Morgan fingerprint density at radius 3 is 2.75 bits per heavy atom. The van der Waals surface area contributed by atoms with Gasteiger partial charge in [-0.3, -0.25) is 19.8 Å². The molecular weight excluding hydrogens is 304 g/mol. The van der Waals surface area contributed by atoms with Crippen molar-refractivity contribution < 1.29 is 9.59 Å². The number of anilines is 1. The number of nitrogens with one attached hydrogen (secondary N) is 1. The Morgan fingerprint density at radius 1 is 1.12 bits per heavy atom. The maximum absolute atomic E-state index is 12.1. The van der Waals surface area contributed by atoms with Gasteiger partial charge in [0.25, 0.3) is 0 Å². The highest BCUT2D eigenvalue weighted by Gasteiger charge is 2.34. The monoisotopic (exact) mass is 328 g/mol. The molecule has 3 aliphatic rings. The molecule has 0 spiro atoms. The molecule has 6 heteroatoms. The summed E-state index contributed by atoms with van der Waals surface area (Å²) < 4.78 is 0. The molecule has 1 aromatic rings. The van der Waals surface area contributed by atoms with Gasteiger partial charge in [0.05, 0.1) is 6.04 Å². The van der Waals surface area contributed by atoms with Crippen molar-refractivity contribution in [3.05, 3.63) is 29.3 Å². The molecular formula is C18H24N4O2. The molecule has 2 amide bonds. The molecule has 2 atom stereocenters. The Bertz CT molecular complexity index is 675. The molecule has 0 aliphatic carbocycles. The molecule has 0 radical (unpaired) electrons. The van der Waals surface area contributed by atoms with Gasteiger partial charge in [-0.15, -0.1) is 0 Å². The number of fused-ring (bicyclic) bond motifs is 1. The van der Waals surface area contributed by atoms with E-state index in [0.29, 0.717) is 12.8 Å². The third kappa shape index (κ3) is 2.91. The summed E-state index contributed by atoms with van der Waals surface area (Å²) in [5.74, 6) is -0.307. The highest BCUT2D eigenvalue weighted by Crippen LogP contribution is 2.31. The van der Waals surface area contributed by atoms with Gasteiger partial charge in [-0.1, -0.05) is 6.07 Å². The van der Waals surface area contributed by atoms with Gasteiger partial charge in [-0.05, 0) is 42.5 Å². The van der Waals surface area contributed by atoms with E-state index < -0.39 is 0 Å². The van der Waals surface area contributed by atoms with E-state index >= 15 is 0 Å². The molecule has 3 heterocycles. The Kier molecular flexibility index (Phi) is 4.02. The molecule has 1 unspecified atom stereocenters. The summed E-state index contributed by atoms with van der Waals surface area (Å²) in [6.45, 7) is 3.52. The summed E-state index contributed by atoms with van der Waals surface area (Å²) in [5.41, 5.74) is 9.90. The first-order valence-electron chi connectivity index (χ1n) is 8.80. The summed E-state index contributed by atoms with van der Waals surface area (Å²) in [6, 6.07) is 6.66. The topological polar surface area (TPSA) is 78.7 Å². The Morgan fingerprint density at radius 2 is 1.96 bits per heavy atom. The zero-order valence-corrected chi connectivity index (χ0v) is 13.8. The van der Waals surface area contributed by atoms with Gasteiger partial charge in [0, 0.05) is 44.3 Å². The highest BCUT2D eigenvalue weighted by molar-refractivity contribution is 6.00. The lowest BCUT2D eigenvalue weighted by molar-refractivity contribution is -0.137. The Balaban J connectivity index is 1.48. The van der Waals surface area contributed by atoms with Gasteiger partial charge in [0.2, 0.25) is 11.8 Å². The van der Waals surface area contributed by atoms with E-state index in [-0.39, 0.29) is 23.9 Å². The number of carbonyl (C=O) groups is 2. The zero-order valence-electron chi connectivity index (χ0n) is 13.8. The maximum atomic E-state index is 12.1. The molecule has 128 valence electrons. The van der Waals surface area contributed by atoms with E-state index in [2.05, 4.69) is 33.3 Å². The molecule has 6 nitrogen and oxygen atoms in total. The van der Waals surface area contributed by atoms with Crippen LogP contribution in [-0.4, -0.2) is 41.9 Å². The Hall–Kier alpha value is -1.92. The lowest BCUT2D eigenvalue weighted by Crippen LogP contribution is -2.50. The lowest BCUT2D eigenvalue weighted by Gasteiger charge is -2.33. The molecule has 2 fully saturated rings. The third-order valence-corrected chi connectivity index (χ3v) is 5.41. The number of nitrogens with zero attached hydrogens (tertiary/aromatic N) is 2. The van der Waals surface area contributed by atoms with E-state index in [1.54, 1.807) is 0 Å². The summed E-state index contributed by atoms with van der Waals surface area (Å²) >= 11 is 0. The standard InChI is InChI=1S/C18H24N4O2/c19-14-2-1-7-21(11-14)15-4-3-12-9-22(10-13(12)8-15)16-5-6-17(23)20-18(16)24/h3-4,8,14,16H,1-2,5-7,9-11,19H2,(H,20,23,24)/t14-,16?/m0/s1. The van der Waals surface area contributed by atoms with Gasteiger partial charge < -0.3 is 10.6 Å². The molecule has 0 saturated carbocycles. The van der Waals surface area contributed by atoms with Gasteiger partial charge >= 0.3 is 0 Å². The largest absolute Gasteiger partial charge is 0.370 e. The molecule has 4 rings (SSSR count). The van der Waals surface area contributed by atoms with Crippen molar-refractivity contribution in [1.82, 2.24) is 10.2 Å². The quantitative estimate of drug-likeness (QED) is 0.783. The molecule has 0 bridgehead atoms. The minimum absolute atomic E-state index is 0.152. The number of amides is 2. The van der Waals surface area contributed by atoms with Crippen LogP contribution in [0.3, 0.4) is 0 Å². The van der Waals surface area contributed by atoms with E-state index in [1.807, 2.05) is 0 Å². The van der Waals surface area contributed by atoms with Gasteiger partial charge in [0.1, 0.15) is 0 Å². The van der Waals surface area contributed by atoms with Crippen LogP contribution in [0.25, 0.3) is 0 Å². The minimum atomic E-state index is -0.193. The molecule has 0 aromatic heterocycles. The van der Waals surface area contributed by atoms with Crippen LogP contribution < -0.4 is 16.0 Å². The van der Waals surface area contributed by atoms with Crippen LogP contribution >= 0.6 is 0 Å². The summed E-state index contributed by atoms with van der Waals surface area (Å²) in [4.78, 5) is 28.0. The highest BCUT2D eigenvalue weighted by atomic mass is 16.2. The number of hydrogen-bond acceptors (Lipinski definition) is 5. The van der Waals surface area contributed by atoms with Crippen LogP contribution in [0.15, 0.2) is 18.2 Å². The van der Waals surface area contributed by atoms with E-state index in [1.165, 1.54) is 16.8 Å². The fraction of sp³-hybridized carbons (Fsp3) is 0.556. The number of imide groups is 1. The van der Waals surface area contributed by atoms with Crippen molar-refractivity contribution in [3.63, 3.8) is 0 Å². The molecule has 2 saturated heterocycles. The van der Waals surface area contributed by atoms with Crippen molar-refractivity contribution in [2.24, 2.45) is 5.73 Å². The summed E-state index contributed by atoms with van der Waals surface area (Å²) in [6.07, 6.45) is 3.29. The molecule has 3 aliphatic heterocycles. The summed E-state index contributed by atoms with van der Waals surface area (Å²) in [5, 5.41) is 2.46. The normalized spacial score (nSPS) is 28.0. The van der Waals surface area contributed by atoms with Crippen LogP contribution in [0.2, 0.25) is 0 Å². The minimum Gasteiger partial charge on any atom is -0.370 e. The number of carbonyl (C=O) groups excluding carboxylic acids is 2. The van der Waals surface area contributed by atoms with Crippen molar-refractivity contribution in [3.8, 4) is 0 Å².